The summed E-state index contributed by atoms with van der Waals surface area (Å²) in [7, 11) is 0. The molecule has 3 nitrogen and oxygen atoms in total. The molecule has 0 aliphatic heterocycles. The van der Waals surface area contributed by atoms with E-state index in [9.17, 15) is 13.6 Å². The monoisotopic (exact) mass is 265 g/mol. The summed E-state index contributed by atoms with van der Waals surface area (Å²) in [6.45, 7) is 3.23. The maximum Gasteiger partial charge on any atom is 0.381 e. The molecule has 2 rings (SSSR count). The van der Waals surface area contributed by atoms with Gasteiger partial charge in [0.05, 0.1) is 12.1 Å². The first-order valence-electron chi connectivity index (χ1n) is 5.88. The van der Waals surface area contributed by atoms with E-state index in [4.69, 9.17) is 0 Å². The molecular formula is C14H13F2NO2. The molecule has 0 aliphatic rings. The summed E-state index contributed by atoms with van der Waals surface area (Å²) < 4.78 is 32.1. The number of carbonyl (C=O) groups excluding carboxylic acids is 1. The summed E-state index contributed by atoms with van der Waals surface area (Å²) in [6.07, 6.45) is 0. The quantitative estimate of drug-likeness (QED) is 0.800. The average molecular weight is 265 g/mol. The van der Waals surface area contributed by atoms with Crippen LogP contribution < -0.4 is 0 Å². The van der Waals surface area contributed by atoms with Crippen molar-refractivity contribution < 1.29 is 18.3 Å². The normalized spacial score (nSPS) is 11.6. The third-order valence-electron chi connectivity index (χ3n) is 2.72. The minimum Gasteiger partial charge on any atom is -0.461 e. The number of ether oxygens (including phenoxy) is 1. The molecule has 0 N–H and O–H groups in total. The van der Waals surface area contributed by atoms with E-state index in [2.05, 4.69) is 9.72 Å². The Hall–Kier alpha value is -2.04. The second kappa shape index (κ2) is 4.91. The van der Waals surface area contributed by atoms with Crippen molar-refractivity contribution in [2.45, 2.75) is 19.8 Å². The molecule has 5 heteroatoms. The van der Waals surface area contributed by atoms with Gasteiger partial charge in [0.15, 0.2) is 0 Å². The molecule has 0 aliphatic carbocycles. The van der Waals surface area contributed by atoms with Gasteiger partial charge in [-0.15, -0.1) is 0 Å². The van der Waals surface area contributed by atoms with Crippen LogP contribution in [0.25, 0.3) is 10.9 Å². The molecule has 0 spiro atoms. The number of halogens is 2. The molecule has 1 aromatic heterocycles. The predicted molar refractivity (Wildman–Crippen MR) is 67.0 cm³/mol. The largest absolute Gasteiger partial charge is 0.461 e. The summed E-state index contributed by atoms with van der Waals surface area (Å²) in [5, 5.41) is 0.562. The van der Waals surface area contributed by atoms with Crippen LogP contribution in [0, 0.1) is 6.92 Å². The number of carbonyl (C=O) groups is 1. The third kappa shape index (κ3) is 2.54. The number of nitrogens with zero attached hydrogens (tertiary/aromatic N) is 1. The van der Waals surface area contributed by atoms with Gasteiger partial charge in [0.1, 0.15) is 0 Å². The Balaban J connectivity index is 2.45. The fourth-order valence-electron chi connectivity index (χ4n) is 1.76. The molecule has 0 fully saturated rings. The summed E-state index contributed by atoms with van der Waals surface area (Å²) >= 11 is 0. The molecule has 0 unspecified atom stereocenters. The number of fused-ring (bicyclic) bond motifs is 1. The van der Waals surface area contributed by atoms with E-state index in [1.807, 2.05) is 6.92 Å². The molecule has 0 saturated heterocycles. The molecule has 0 atom stereocenters. The van der Waals surface area contributed by atoms with E-state index in [0.717, 1.165) is 5.69 Å². The van der Waals surface area contributed by atoms with Crippen LogP contribution in [-0.4, -0.2) is 17.6 Å². The van der Waals surface area contributed by atoms with Crippen LogP contribution in [0.15, 0.2) is 30.3 Å². The Bertz CT molecular complexity index is 626. The number of hydrogen-bond donors (Lipinski definition) is 0. The van der Waals surface area contributed by atoms with Crippen molar-refractivity contribution in [2.24, 2.45) is 0 Å². The van der Waals surface area contributed by atoms with Gasteiger partial charge in [0, 0.05) is 16.6 Å². The molecular weight excluding hydrogens is 252 g/mol. The van der Waals surface area contributed by atoms with Crippen molar-refractivity contribution >= 4 is 16.9 Å². The van der Waals surface area contributed by atoms with Crippen LogP contribution >= 0.6 is 0 Å². The van der Waals surface area contributed by atoms with Crippen molar-refractivity contribution in [2.75, 3.05) is 6.61 Å². The van der Waals surface area contributed by atoms with Crippen LogP contribution in [0.1, 0.15) is 18.2 Å². The van der Waals surface area contributed by atoms with Gasteiger partial charge in [-0.3, -0.25) is 4.98 Å². The summed E-state index contributed by atoms with van der Waals surface area (Å²) in [5.41, 5.74) is 1.03. The van der Waals surface area contributed by atoms with Crippen LogP contribution in [0.3, 0.4) is 0 Å². The van der Waals surface area contributed by atoms with Crippen molar-refractivity contribution in [1.29, 1.82) is 0 Å². The number of rotatable bonds is 3. The molecule has 100 valence electrons. The van der Waals surface area contributed by atoms with E-state index in [0.29, 0.717) is 10.9 Å². The van der Waals surface area contributed by atoms with Crippen molar-refractivity contribution in [3.05, 3.63) is 41.6 Å². The van der Waals surface area contributed by atoms with E-state index < -0.39 is 11.9 Å². The topological polar surface area (TPSA) is 39.2 Å². The lowest BCUT2D eigenvalue weighted by atomic mass is 10.1. The van der Waals surface area contributed by atoms with Gasteiger partial charge in [-0.25, -0.2) is 4.79 Å². The van der Waals surface area contributed by atoms with Crippen LogP contribution in [0.4, 0.5) is 8.78 Å². The summed E-state index contributed by atoms with van der Waals surface area (Å²) in [6, 6.07) is 7.37. The zero-order chi connectivity index (χ0) is 14.0. The van der Waals surface area contributed by atoms with Gasteiger partial charge in [-0.05, 0) is 32.0 Å². The Morgan fingerprint density at radius 1 is 1.32 bits per heavy atom. The lowest BCUT2D eigenvalue weighted by Gasteiger charge is -2.15. The lowest BCUT2D eigenvalue weighted by Crippen LogP contribution is -2.28. The van der Waals surface area contributed by atoms with Crippen molar-refractivity contribution in [3.8, 4) is 0 Å². The van der Waals surface area contributed by atoms with Crippen molar-refractivity contribution in [3.63, 3.8) is 0 Å². The van der Waals surface area contributed by atoms with Gasteiger partial charge in [-0.2, -0.15) is 8.78 Å². The second-order valence-electron chi connectivity index (χ2n) is 4.15. The van der Waals surface area contributed by atoms with Gasteiger partial charge in [0.2, 0.25) is 0 Å². The standard InChI is InChI=1S/C14H13F2NO2/c1-3-19-13(18)14(15,16)11-6-7-12-10(8-11)5-4-9(2)17-12/h4-8H,3H2,1-2H3. The first kappa shape index (κ1) is 13.4. The molecule has 0 bridgehead atoms. The molecule has 1 heterocycles. The van der Waals surface area contributed by atoms with E-state index in [1.165, 1.54) is 25.1 Å². The minimum absolute atomic E-state index is 0.0806. The van der Waals surface area contributed by atoms with Gasteiger partial charge in [-0.1, -0.05) is 12.1 Å². The minimum atomic E-state index is -3.64. The maximum absolute atomic E-state index is 13.8. The molecule has 0 amide bonds. The zero-order valence-electron chi connectivity index (χ0n) is 10.6. The highest BCUT2D eigenvalue weighted by Crippen LogP contribution is 2.31. The number of alkyl halides is 2. The summed E-state index contributed by atoms with van der Waals surface area (Å²) in [4.78, 5) is 15.5. The fraction of sp³-hybridized carbons (Fsp3) is 0.286. The molecule has 0 saturated carbocycles. The molecule has 2 aromatic rings. The maximum atomic E-state index is 13.8. The fourth-order valence-corrected chi connectivity index (χ4v) is 1.76. The zero-order valence-corrected chi connectivity index (χ0v) is 10.6. The van der Waals surface area contributed by atoms with Crippen LogP contribution in [0.2, 0.25) is 0 Å². The SMILES string of the molecule is CCOC(=O)C(F)(F)c1ccc2nc(C)ccc2c1. The predicted octanol–water partition coefficient (Wildman–Crippen LogP) is 3.20. The van der Waals surface area contributed by atoms with E-state index >= 15 is 0 Å². The van der Waals surface area contributed by atoms with Gasteiger partial charge < -0.3 is 4.74 Å². The Kier molecular flexibility index (Phi) is 3.46. The highest BCUT2D eigenvalue weighted by atomic mass is 19.3. The van der Waals surface area contributed by atoms with E-state index in [1.54, 1.807) is 12.1 Å². The Morgan fingerprint density at radius 2 is 2.05 bits per heavy atom. The number of benzene rings is 1. The summed E-state index contributed by atoms with van der Waals surface area (Å²) in [5.74, 6) is -5.18. The number of aryl methyl sites for hydroxylation is 1. The lowest BCUT2D eigenvalue weighted by molar-refractivity contribution is -0.173. The van der Waals surface area contributed by atoms with Gasteiger partial charge in [0.25, 0.3) is 0 Å². The molecule has 1 aromatic carbocycles. The van der Waals surface area contributed by atoms with Gasteiger partial charge >= 0.3 is 11.9 Å². The Labute approximate surface area is 109 Å². The van der Waals surface area contributed by atoms with Crippen LogP contribution in [0.5, 0.6) is 0 Å². The molecule has 0 radical (unpaired) electrons. The number of aromatic nitrogens is 1. The number of hydrogen-bond acceptors (Lipinski definition) is 3. The highest BCUT2D eigenvalue weighted by Gasteiger charge is 2.42. The third-order valence-corrected chi connectivity index (χ3v) is 2.72. The van der Waals surface area contributed by atoms with Crippen molar-refractivity contribution in [1.82, 2.24) is 4.98 Å². The average Bonchev–Trinajstić information content (AvgIpc) is 2.38. The number of pyridine rings is 1. The van der Waals surface area contributed by atoms with Crippen LogP contribution in [-0.2, 0) is 15.5 Å². The number of esters is 1. The Morgan fingerprint density at radius 3 is 2.74 bits per heavy atom. The molecule has 19 heavy (non-hydrogen) atoms. The highest BCUT2D eigenvalue weighted by molar-refractivity contribution is 5.84. The first-order chi connectivity index (χ1) is 8.95. The second-order valence-corrected chi connectivity index (χ2v) is 4.15. The first-order valence-corrected chi connectivity index (χ1v) is 5.88. The van der Waals surface area contributed by atoms with E-state index in [-0.39, 0.29) is 12.2 Å². The smallest absolute Gasteiger partial charge is 0.381 e.